The van der Waals surface area contributed by atoms with E-state index in [0.29, 0.717) is 18.8 Å². The van der Waals surface area contributed by atoms with Crippen LogP contribution in [-0.2, 0) is 27.4 Å². The quantitative estimate of drug-likeness (QED) is 0.426. The lowest BCUT2D eigenvalue weighted by atomic mass is 10.3. The number of aromatic nitrogens is 3. The molecule has 2 aromatic rings. The van der Waals surface area contributed by atoms with Crippen LogP contribution < -0.4 is 5.32 Å². The lowest BCUT2D eigenvalue weighted by Crippen LogP contribution is -2.43. The number of hydrogen-bond donors (Lipinski definition) is 3. The van der Waals surface area contributed by atoms with Crippen LogP contribution in [0, 0.1) is 0 Å². The Bertz CT molecular complexity index is 814. The van der Waals surface area contributed by atoms with E-state index >= 15 is 0 Å². The van der Waals surface area contributed by atoms with Crippen LogP contribution in [-0.4, -0.2) is 81.0 Å². The van der Waals surface area contributed by atoms with Crippen LogP contribution in [0.5, 0.6) is 0 Å². The molecule has 0 bridgehead atoms. The Morgan fingerprint density at radius 3 is 2.55 bits per heavy atom. The first-order valence-electron chi connectivity index (χ1n) is 9.46. The van der Waals surface area contributed by atoms with Crippen molar-refractivity contribution in [2.24, 2.45) is 0 Å². The second-order valence-electron chi connectivity index (χ2n) is 6.26. The van der Waals surface area contributed by atoms with Crippen LogP contribution in [0.4, 0.5) is 0 Å². The molecular weight excluding hydrogens is 378 g/mol. The van der Waals surface area contributed by atoms with Gasteiger partial charge in [-0.1, -0.05) is 0 Å². The molecule has 0 atom stereocenters. The van der Waals surface area contributed by atoms with Crippen molar-refractivity contribution in [2.75, 3.05) is 39.4 Å². The second-order valence-corrected chi connectivity index (χ2v) is 6.26. The van der Waals surface area contributed by atoms with E-state index in [1.54, 1.807) is 0 Å². The molecule has 158 valence electrons. The summed E-state index contributed by atoms with van der Waals surface area (Å²) in [4.78, 5) is 30.8. The minimum Gasteiger partial charge on any atom is -0.478 e. The normalized spacial score (nSPS) is 14.7. The molecule has 3 N–H and O–H groups in total. The molecular formula is C19H27N5O5. The van der Waals surface area contributed by atoms with Crippen molar-refractivity contribution in [3.8, 4) is 0 Å². The van der Waals surface area contributed by atoms with E-state index < -0.39 is 11.9 Å². The number of imidazole rings is 1. The van der Waals surface area contributed by atoms with Crippen LogP contribution in [0.3, 0.4) is 0 Å². The Kier molecular flexibility index (Phi) is 9.22. The highest BCUT2D eigenvalue weighted by Gasteiger charge is 2.16. The lowest BCUT2D eigenvalue weighted by molar-refractivity contribution is -0.134. The number of nitrogens with zero attached hydrogens (tertiary/aromatic N) is 4. The third kappa shape index (κ3) is 7.60. The molecule has 0 amide bonds. The highest BCUT2D eigenvalue weighted by molar-refractivity contribution is 5.89. The van der Waals surface area contributed by atoms with Crippen molar-refractivity contribution in [3.63, 3.8) is 0 Å². The van der Waals surface area contributed by atoms with E-state index in [2.05, 4.69) is 19.8 Å². The standard InChI is InChI=1S/C15H23N5O.C4H4O4/c1-2-21-11-10-20-14(12-19-8-6-16-7-9-19)18-13-4-3-5-17-15(13)20;5-3(6)1-2-4(7)8/h3-5,16H,2,6-12H2,1H3;1-2H,(H,5,6)(H,7,8)/b;2-1+. The summed E-state index contributed by atoms with van der Waals surface area (Å²) in [5.74, 6) is -1.43. The Hall–Kier alpha value is -2.82. The summed E-state index contributed by atoms with van der Waals surface area (Å²) < 4.78 is 7.70. The number of carboxylic acids is 2. The third-order valence-electron chi connectivity index (χ3n) is 4.19. The van der Waals surface area contributed by atoms with Gasteiger partial charge in [-0.25, -0.2) is 19.6 Å². The van der Waals surface area contributed by atoms with E-state index in [0.717, 1.165) is 62.9 Å². The molecule has 0 radical (unpaired) electrons. The average Bonchev–Trinajstić information content (AvgIpc) is 3.05. The van der Waals surface area contributed by atoms with Gasteiger partial charge in [0.15, 0.2) is 5.65 Å². The van der Waals surface area contributed by atoms with Gasteiger partial charge >= 0.3 is 11.9 Å². The van der Waals surface area contributed by atoms with Crippen LogP contribution in [0.15, 0.2) is 30.5 Å². The fourth-order valence-electron chi connectivity index (χ4n) is 2.87. The highest BCUT2D eigenvalue weighted by Crippen LogP contribution is 2.15. The number of rotatable bonds is 8. The predicted molar refractivity (Wildman–Crippen MR) is 107 cm³/mol. The fraction of sp³-hybridized carbons (Fsp3) is 0.474. The summed E-state index contributed by atoms with van der Waals surface area (Å²) in [6, 6.07) is 3.97. The maximum Gasteiger partial charge on any atom is 0.328 e. The second kappa shape index (κ2) is 11.9. The van der Waals surface area contributed by atoms with E-state index in [1.807, 2.05) is 25.3 Å². The lowest BCUT2D eigenvalue weighted by Gasteiger charge is -2.26. The minimum atomic E-state index is -1.26. The van der Waals surface area contributed by atoms with E-state index in [9.17, 15) is 9.59 Å². The Morgan fingerprint density at radius 2 is 1.93 bits per heavy atom. The van der Waals surface area contributed by atoms with Crippen LogP contribution in [0.1, 0.15) is 12.7 Å². The molecule has 29 heavy (non-hydrogen) atoms. The van der Waals surface area contributed by atoms with Crippen molar-refractivity contribution in [2.45, 2.75) is 20.0 Å². The molecule has 0 unspecified atom stereocenters. The summed E-state index contributed by atoms with van der Waals surface area (Å²) in [5.41, 5.74) is 1.93. The number of hydrogen-bond acceptors (Lipinski definition) is 7. The zero-order valence-corrected chi connectivity index (χ0v) is 16.5. The Balaban J connectivity index is 0.000000321. The number of fused-ring (bicyclic) bond motifs is 1. The molecule has 0 spiro atoms. The number of aliphatic carboxylic acids is 2. The van der Waals surface area contributed by atoms with Crippen molar-refractivity contribution in [3.05, 3.63) is 36.3 Å². The first-order chi connectivity index (χ1) is 14.0. The zero-order chi connectivity index (χ0) is 21.1. The molecule has 0 aliphatic carbocycles. The number of carboxylic acid groups (broad SMARTS) is 2. The van der Waals surface area contributed by atoms with E-state index in [1.165, 1.54) is 0 Å². The molecule has 1 aliphatic heterocycles. The number of nitrogens with one attached hydrogen (secondary N) is 1. The highest BCUT2D eigenvalue weighted by atomic mass is 16.5. The van der Waals surface area contributed by atoms with Gasteiger partial charge in [0.2, 0.25) is 0 Å². The van der Waals surface area contributed by atoms with Crippen LogP contribution in [0.25, 0.3) is 11.2 Å². The van der Waals surface area contributed by atoms with Crippen molar-refractivity contribution >= 4 is 23.1 Å². The summed E-state index contributed by atoms with van der Waals surface area (Å²) in [6.45, 7) is 9.40. The molecule has 1 aliphatic rings. The van der Waals surface area contributed by atoms with Gasteiger partial charge in [-0.15, -0.1) is 0 Å². The zero-order valence-electron chi connectivity index (χ0n) is 16.5. The molecule has 0 saturated carbocycles. The molecule has 10 nitrogen and oxygen atoms in total. The van der Waals surface area contributed by atoms with Crippen molar-refractivity contribution < 1.29 is 24.5 Å². The van der Waals surface area contributed by atoms with Crippen LogP contribution >= 0.6 is 0 Å². The van der Waals surface area contributed by atoms with Gasteiger partial charge in [-0.3, -0.25) is 4.90 Å². The molecule has 1 fully saturated rings. The van der Waals surface area contributed by atoms with Gasteiger partial charge in [0.05, 0.1) is 13.2 Å². The number of pyridine rings is 1. The summed E-state index contributed by atoms with van der Waals surface area (Å²) >= 11 is 0. The van der Waals surface area contributed by atoms with Gasteiger partial charge in [0, 0.05) is 57.7 Å². The largest absolute Gasteiger partial charge is 0.478 e. The van der Waals surface area contributed by atoms with Gasteiger partial charge in [-0.05, 0) is 19.1 Å². The third-order valence-corrected chi connectivity index (χ3v) is 4.19. The molecule has 1 saturated heterocycles. The van der Waals surface area contributed by atoms with Gasteiger partial charge in [0.25, 0.3) is 0 Å². The topological polar surface area (TPSA) is 130 Å². The number of ether oxygens (including phenoxy) is 1. The van der Waals surface area contributed by atoms with Crippen LogP contribution in [0.2, 0.25) is 0 Å². The minimum absolute atomic E-state index is 0.558. The smallest absolute Gasteiger partial charge is 0.328 e. The Labute approximate surface area is 168 Å². The fourth-order valence-corrected chi connectivity index (χ4v) is 2.87. The van der Waals surface area contributed by atoms with E-state index in [4.69, 9.17) is 19.9 Å². The Morgan fingerprint density at radius 1 is 1.24 bits per heavy atom. The van der Waals surface area contributed by atoms with Gasteiger partial charge in [-0.2, -0.15) is 0 Å². The molecule has 2 aromatic heterocycles. The first kappa shape index (κ1) is 22.5. The van der Waals surface area contributed by atoms with Crippen molar-refractivity contribution in [1.29, 1.82) is 0 Å². The maximum atomic E-state index is 9.55. The SMILES string of the molecule is CCOCCn1c(CN2CCNCC2)nc2cccnc21.O=C(O)/C=C/C(=O)O. The molecule has 3 heterocycles. The number of carbonyl (C=O) groups is 2. The summed E-state index contributed by atoms with van der Waals surface area (Å²) in [6.07, 6.45) is 2.94. The monoisotopic (exact) mass is 405 g/mol. The summed E-state index contributed by atoms with van der Waals surface area (Å²) in [5, 5.41) is 19.0. The molecule has 10 heteroatoms. The van der Waals surface area contributed by atoms with E-state index in [-0.39, 0.29) is 0 Å². The maximum absolute atomic E-state index is 9.55. The van der Waals surface area contributed by atoms with Crippen molar-refractivity contribution in [1.82, 2.24) is 24.8 Å². The van der Waals surface area contributed by atoms with Gasteiger partial charge in [0.1, 0.15) is 11.3 Å². The summed E-state index contributed by atoms with van der Waals surface area (Å²) in [7, 11) is 0. The first-order valence-corrected chi connectivity index (χ1v) is 9.46. The molecule has 3 rings (SSSR count). The van der Waals surface area contributed by atoms with Gasteiger partial charge < -0.3 is 24.8 Å². The average molecular weight is 405 g/mol. The molecule has 0 aromatic carbocycles. The number of piperazine rings is 1. The predicted octanol–water partition coefficient (Wildman–Crippen LogP) is 0.585.